The average molecular weight is 374 g/mol. The van der Waals surface area contributed by atoms with Gasteiger partial charge < -0.3 is 4.74 Å². The van der Waals surface area contributed by atoms with Crippen LogP contribution in [0.2, 0.25) is 0 Å². The molecule has 0 aromatic rings. The van der Waals surface area contributed by atoms with Gasteiger partial charge in [-0.1, -0.05) is 45.4 Å². The van der Waals surface area contributed by atoms with Gasteiger partial charge in [-0.3, -0.25) is 0 Å². The Morgan fingerprint density at radius 2 is 1.48 bits per heavy atom. The van der Waals surface area contributed by atoms with Gasteiger partial charge in [0.05, 0.1) is 17.6 Å². The van der Waals surface area contributed by atoms with E-state index in [4.69, 9.17) is 4.74 Å². The van der Waals surface area contributed by atoms with E-state index >= 15 is 0 Å². The predicted octanol–water partition coefficient (Wildman–Crippen LogP) is 7.28. The second-order valence-electron chi connectivity index (χ2n) is 10.1. The number of unbranched alkanes of at least 4 members (excludes halogenated alkanes) is 2. The van der Waals surface area contributed by atoms with Crippen LogP contribution in [0.1, 0.15) is 110 Å². The van der Waals surface area contributed by atoms with Gasteiger partial charge in [0.25, 0.3) is 0 Å². The Balaban J connectivity index is 1.44. The lowest BCUT2D eigenvalue weighted by molar-refractivity contribution is 0.0155. The van der Waals surface area contributed by atoms with Crippen molar-refractivity contribution in [3.8, 4) is 6.07 Å². The molecule has 154 valence electrons. The molecule has 3 fully saturated rings. The van der Waals surface area contributed by atoms with Gasteiger partial charge in [-0.25, -0.2) is 0 Å². The van der Waals surface area contributed by atoms with Crippen molar-refractivity contribution >= 4 is 0 Å². The summed E-state index contributed by atoms with van der Waals surface area (Å²) < 4.78 is 5.55. The molecule has 3 aliphatic rings. The van der Waals surface area contributed by atoms with Crippen molar-refractivity contribution in [1.82, 2.24) is 0 Å². The molecule has 0 aliphatic heterocycles. The largest absolute Gasteiger partial charge is 0.381 e. The Bertz CT molecular complexity index is 457. The fraction of sp³-hybridized carbons (Fsp3) is 0.960. The zero-order valence-electron chi connectivity index (χ0n) is 18.1. The van der Waals surface area contributed by atoms with Gasteiger partial charge >= 0.3 is 0 Å². The van der Waals surface area contributed by atoms with Crippen LogP contribution in [-0.4, -0.2) is 13.2 Å². The lowest BCUT2D eigenvalue weighted by Gasteiger charge is -2.45. The second kappa shape index (κ2) is 10.3. The predicted molar refractivity (Wildman–Crippen MR) is 112 cm³/mol. The minimum atomic E-state index is -0.00737. The van der Waals surface area contributed by atoms with Gasteiger partial charge in [0.2, 0.25) is 0 Å². The Hall–Kier alpha value is -0.550. The van der Waals surface area contributed by atoms with Gasteiger partial charge in [-0.05, 0) is 87.9 Å². The molecule has 0 amide bonds. The highest BCUT2D eigenvalue weighted by molar-refractivity contribution is 5.06. The summed E-state index contributed by atoms with van der Waals surface area (Å²) in [6.45, 7) is 2.31. The summed E-state index contributed by atoms with van der Waals surface area (Å²) in [5.41, 5.74) is -0.00737. The van der Waals surface area contributed by atoms with Crippen LogP contribution < -0.4 is 0 Å². The van der Waals surface area contributed by atoms with E-state index in [1.165, 1.54) is 89.9 Å². The van der Waals surface area contributed by atoms with Crippen LogP contribution in [0.15, 0.2) is 0 Å². The molecule has 0 saturated heterocycles. The van der Waals surface area contributed by atoms with Crippen LogP contribution in [0.25, 0.3) is 0 Å². The number of ether oxygens (including phenoxy) is 1. The Labute approximate surface area is 168 Å². The maximum absolute atomic E-state index is 10.1. The number of hydrogen-bond donors (Lipinski definition) is 0. The molecule has 0 aromatic carbocycles. The third kappa shape index (κ3) is 5.29. The summed E-state index contributed by atoms with van der Waals surface area (Å²) in [7, 11) is 1.84. The minimum Gasteiger partial charge on any atom is -0.381 e. The molecule has 0 atom stereocenters. The van der Waals surface area contributed by atoms with Crippen LogP contribution in [0.5, 0.6) is 0 Å². The number of methoxy groups -OCH3 is 1. The molecule has 0 spiro atoms. The Morgan fingerprint density at radius 1 is 0.852 bits per heavy atom. The SMILES string of the molecule is CCCCCC1CCC([C@H]2CC[C@](C#N)(C3CCC(OC)CC3)CC2)CC1. The summed E-state index contributed by atoms with van der Waals surface area (Å²) in [4.78, 5) is 0. The van der Waals surface area contributed by atoms with E-state index in [9.17, 15) is 5.26 Å². The van der Waals surface area contributed by atoms with Gasteiger partial charge in [0, 0.05) is 7.11 Å². The molecule has 0 N–H and O–H groups in total. The first-order chi connectivity index (χ1) is 13.2. The summed E-state index contributed by atoms with van der Waals surface area (Å²) in [5.74, 6) is 3.53. The van der Waals surface area contributed by atoms with Crippen molar-refractivity contribution in [3.05, 3.63) is 0 Å². The molecule has 27 heavy (non-hydrogen) atoms. The highest BCUT2D eigenvalue weighted by Gasteiger charge is 2.44. The quantitative estimate of drug-likeness (QED) is 0.439. The average Bonchev–Trinajstić information content (AvgIpc) is 2.75. The molecule has 2 nitrogen and oxygen atoms in total. The smallest absolute Gasteiger partial charge is 0.0692 e. The number of nitrogens with zero attached hydrogens (tertiary/aromatic N) is 1. The van der Waals surface area contributed by atoms with Gasteiger partial charge in [0.15, 0.2) is 0 Å². The maximum atomic E-state index is 10.1. The van der Waals surface area contributed by atoms with Crippen molar-refractivity contribution in [2.45, 2.75) is 116 Å². The van der Waals surface area contributed by atoms with Crippen molar-refractivity contribution in [2.75, 3.05) is 7.11 Å². The Kier molecular flexibility index (Phi) is 8.07. The van der Waals surface area contributed by atoms with Crippen molar-refractivity contribution in [2.24, 2.45) is 29.1 Å². The molecule has 3 saturated carbocycles. The highest BCUT2D eigenvalue weighted by Crippen LogP contribution is 2.52. The third-order valence-electron chi connectivity index (χ3n) is 8.71. The fourth-order valence-corrected chi connectivity index (χ4v) is 6.72. The van der Waals surface area contributed by atoms with Crippen molar-refractivity contribution in [1.29, 1.82) is 5.26 Å². The molecular weight excluding hydrogens is 330 g/mol. The van der Waals surface area contributed by atoms with Crippen molar-refractivity contribution in [3.63, 3.8) is 0 Å². The monoisotopic (exact) mass is 373 g/mol. The van der Waals surface area contributed by atoms with E-state index in [0.29, 0.717) is 12.0 Å². The summed E-state index contributed by atoms with van der Waals surface area (Å²) in [6.07, 6.45) is 21.8. The second-order valence-corrected chi connectivity index (χ2v) is 10.1. The van der Waals surface area contributed by atoms with E-state index in [-0.39, 0.29) is 5.41 Å². The molecule has 0 bridgehead atoms. The van der Waals surface area contributed by atoms with E-state index < -0.39 is 0 Å². The van der Waals surface area contributed by atoms with Crippen LogP contribution in [0.3, 0.4) is 0 Å². The molecule has 0 radical (unpaired) electrons. The van der Waals surface area contributed by atoms with Crippen molar-refractivity contribution < 1.29 is 4.74 Å². The Morgan fingerprint density at radius 3 is 2.04 bits per heavy atom. The summed E-state index contributed by atoms with van der Waals surface area (Å²) in [6, 6.07) is 2.84. The fourth-order valence-electron chi connectivity index (χ4n) is 6.72. The molecule has 3 rings (SSSR count). The lowest BCUT2D eigenvalue weighted by Crippen LogP contribution is -2.38. The van der Waals surface area contributed by atoms with E-state index in [2.05, 4.69) is 13.0 Å². The van der Waals surface area contributed by atoms with Gasteiger partial charge in [-0.15, -0.1) is 0 Å². The topological polar surface area (TPSA) is 33.0 Å². The molecule has 0 unspecified atom stereocenters. The molecule has 3 aliphatic carbocycles. The van der Waals surface area contributed by atoms with Gasteiger partial charge in [-0.2, -0.15) is 5.26 Å². The van der Waals surface area contributed by atoms with Crippen LogP contribution in [0.4, 0.5) is 0 Å². The normalized spacial score (nSPS) is 40.4. The van der Waals surface area contributed by atoms with E-state index in [0.717, 1.165) is 30.6 Å². The summed E-state index contributed by atoms with van der Waals surface area (Å²) >= 11 is 0. The first-order valence-corrected chi connectivity index (χ1v) is 12.1. The first-order valence-electron chi connectivity index (χ1n) is 12.1. The van der Waals surface area contributed by atoms with Crippen LogP contribution >= 0.6 is 0 Å². The molecular formula is C25H43NO. The molecule has 2 heteroatoms. The van der Waals surface area contributed by atoms with Crippen LogP contribution in [0, 0.1) is 40.4 Å². The van der Waals surface area contributed by atoms with Gasteiger partial charge in [0.1, 0.15) is 0 Å². The minimum absolute atomic E-state index is 0.00737. The van der Waals surface area contributed by atoms with E-state index in [1.807, 2.05) is 7.11 Å². The summed E-state index contributed by atoms with van der Waals surface area (Å²) in [5, 5.41) is 10.1. The lowest BCUT2D eigenvalue weighted by atomic mass is 9.58. The number of hydrogen-bond acceptors (Lipinski definition) is 2. The zero-order valence-corrected chi connectivity index (χ0v) is 18.1. The molecule has 0 heterocycles. The zero-order chi connectivity index (χ0) is 19.1. The maximum Gasteiger partial charge on any atom is 0.0692 e. The molecule has 0 aromatic heterocycles. The third-order valence-corrected chi connectivity index (χ3v) is 8.71. The number of nitriles is 1. The standard InChI is InChI=1S/C25H43NO/c1-3-4-5-6-20-7-9-21(10-8-20)22-15-17-25(19-26,18-16-22)23-11-13-24(27-2)14-12-23/h20-24H,3-18H2,1-2H3/t20?,21?,22-,23?,24?,25-. The van der Waals surface area contributed by atoms with E-state index in [1.54, 1.807) is 0 Å². The highest BCUT2D eigenvalue weighted by atomic mass is 16.5. The van der Waals surface area contributed by atoms with Crippen LogP contribution in [-0.2, 0) is 4.74 Å². The first kappa shape index (κ1) is 21.2. The number of rotatable bonds is 7.